The Labute approximate surface area is 141 Å². The first kappa shape index (κ1) is 14.5. The summed E-state index contributed by atoms with van der Waals surface area (Å²) in [5, 5.41) is 10.3. The second-order valence-corrected chi connectivity index (χ2v) is 6.09. The molecule has 3 heterocycles. The molecule has 0 radical (unpaired) electrons. The number of aromatic amines is 1. The van der Waals surface area contributed by atoms with Crippen molar-refractivity contribution in [1.29, 1.82) is 5.26 Å². The number of hydrogen-bond acceptors (Lipinski definition) is 3. The number of pyridine rings is 1. The lowest BCUT2D eigenvalue weighted by Gasteiger charge is -2.27. The number of benzene rings is 1. The van der Waals surface area contributed by atoms with Gasteiger partial charge in [-0.1, -0.05) is 30.3 Å². The van der Waals surface area contributed by atoms with E-state index < -0.39 is 0 Å². The fraction of sp³-hybridized carbons (Fsp3) is 0.200. The first-order chi connectivity index (χ1) is 11.8. The van der Waals surface area contributed by atoms with E-state index in [1.165, 1.54) is 27.7 Å². The molecule has 1 aromatic carbocycles. The van der Waals surface area contributed by atoms with Gasteiger partial charge < -0.3 is 9.88 Å². The molecule has 3 aromatic rings. The van der Waals surface area contributed by atoms with Crippen LogP contribution in [0.1, 0.15) is 23.4 Å². The molecule has 0 amide bonds. The van der Waals surface area contributed by atoms with E-state index >= 15 is 0 Å². The first-order valence-electron chi connectivity index (χ1n) is 8.15. The fourth-order valence-electron chi connectivity index (χ4n) is 3.46. The Balaban J connectivity index is 1.65. The number of nitrogens with one attached hydrogen (secondary N) is 1. The number of aryl methyl sites for hydroxylation is 1. The van der Waals surface area contributed by atoms with Gasteiger partial charge >= 0.3 is 0 Å². The monoisotopic (exact) mass is 314 g/mol. The maximum atomic E-state index is 9.01. The Morgan fingerprint density at radius 1 is 1.17 bits per heavy atom. The second-order valence-electron chi connectivity index (χ2n) is 6.09. The largest absolute Gasteiger partial charge is 0.358 e. The smallest absolute Gasteiger partial charge is 0.142 e. The number of anilines is 1. The summed E-state index contributed by atoms with van der Waals surface area (Å²) >= 11 is 0. The number of para-hydroxylation sites is 1. The third kappa shape index (κ3) is 2.44. The molecule has 0 aliphatic carbocycles. The summed E-state index contributed by atoms with van der Waals surface area (Å²) in [5.41, 5.74) is 5.61. The molecule has 4 heteroatoms. The number of aromatic nitrogens is 2. The van der Waals surface area contributed by atoms with Crippen molar-refractivity contribution in [3.63, 3.8) is 0 Å². The van der Waals surface area contributed by atoms with Crippen molar-refractivity contribution in [2.24, 2.45) is 0 Å². The first-order valence-corrected chi connectivity index (χ1v) is 8.15. The third-order valence-corrected chi connectivity index (χ3v) is 4.60. The average molecular weight is 314 g/mol. The van der Waals surface area contributed by atoms with E-state index in [1.807, 2.05) is 12.1 Å². The van der Waals surface area contributed by atoms with Crippen molar-refractivity contribution in [2.45, 2.75) is 13.3 Å². The summed E-state index contributed by atoms with van der Waals surface area (Å²) in [5.74, 6) is 0.875. The van der Waals surface area contributed by atoms with Crippen molar-refractivity contribution < 1.29 is 0 Å². The van der Waals surface area contributed by atoms with Crippen LogP contribution in [0.25, 0.3) is 16.5 Å². The van der Waals surface area contributed by atoms with Crippen LogP contribution in [0.15, 0.2) is 48.5 Å². The van der Waals surface area contributed by atoms with Gasteiger partial charge in [-0.05, 0) is 37.1 Å². The minimum Gasteiger partial charge on any atom is -0.358 e. The van der Waals surface area contributed by atoms with Gasteiger partial charge in [-0.2, -0.15) is 5.26 Å². The molecule has 0 spiro atoms. The van der Waals surface area contributed by atoms with E-state index in [-0.39, 0.29) is 0 Å². The predicted octanol–water partition coefficient (Wildman–Crippen LogP) is 4.04. The molecular formula is C20H18N4. The molecule has 0 saturated carbocycles. The molecule has 1 N–H and O–H groups in total. The number of H-pyrrole nitrogens is 1. The van der Waals surface area contributed by atoms with Gasteiger partial charge in [0.1, 0.15) is 17.6 Å². The van der Waals surface area contributed by atoms with Crippen molar-refractivity contribution in [2.75, 3.05) is 18.0 Å². The normalized spacial score (nSPS) is 14.5. The molecule has 4 nitrogen and oxygen atoms in total. The van der Waals surface area contributed by atoms with E-state index in [1.54, 1.807) is 6.07 Å². The van der Waals surface area contributed by atoms with E-state index in [9.17, 15) is 0 Å². The fourth-order valence-corrected chi connectivity index (χ4v) is 3.46. The van der Waals surface area contributed by atoms with E-state index in [2.05, 4.69) is 58.2 Å². The van der Waals surface area contributed by atoms with Crippen molar-refractivity contribution >= 4 is 22.3 Å². The zero-order valence-corrected chi connectivity index (χ0v) is 13.6. The lowest BCUT2D eigenvalue weighted by molar-refractivity contribution is 0.815. The van der Waals surface area contributed by atoms with Crippen LogP contribution in [-0.4, -0.2) is 23.1 Å². The highest BCUT2D eigenvalue weighted by Gasteiger charge is 2.18. The van der Waals surface area contributed by atoms with Crippen LogP contribution in [0.5, 0.6) is 0 Å². The number of hydrogen-bond donors (Lipinski definition) is 1. The lowest BCUT2D eigenvalue weighted by atomic mass is 9.96. The maximum absolute atomic E-state index is 9.01. The zero-order valence-electron chi connectivity index (χ0n) is 13.6. The Bertz CT molecular complexity index is 975. The average Bonchev–Trinajstić information content (AvgIpc) is 2.97. The van der Waals surface area contributed by atoms with Gasteiger partial charge in [0.2, 0.25) is 0 Å². The number of fused-ring (bicyclic) bond motifs is 1. The van der Waals surface area contributed by atoms with Gasteiger partial charge in [0.05, 0.1) is 0 Å². The van der Waals surface area contributed by atoms with E-state index in [4.69, 9.17) is 5.26 Å². The third-order valence-electron chi connectivity index (χ3n) is 4.60. The number of nitriles is 1. The molecule has 4 rings (SSSR count). The van der Waals surface area contributed by atoms with Crippen LogP contribution < -0.4 is 4.90 Å². The SMILES string of the molecule is Cc1[nH]c2ccccc2c1C1=CCN(c2cccc(C#N)n2)CC1. The topological polar surface area (TPSA) is 55.7 Å². The minimum atomic E-state index is 0.467. The lowest BCUT2D eigenvalue weighted by Crippen LogP contribution is -2.29. The standard InChI is InChI=1S/C20H18N4/c1-14-20(17-6-2-3-7-18(17)22-14)15-9-11-24(12-10-15)19-8-4-5-16(13-21)23-19/h2-9,22H,10-12H2,1H3. The maximum Gasteiger partial charge on any atom is 0.142 e. The van der Waals surface area contributed by atoms with Gasteiger partial charge in [-0.3, -0.25) is 0 Å². The minimum absolute atomic E-state index is 0.467. The molecule has 0 unspecified atom stereocenters. The molecule has 0 saturated heterocycles. The molecule has 0 fully saturated rings. The summed E-state index contributed by atoms with van der Waals surface area (Å²) in [7, 11) is 0. The highest BCUT2D eigenvalue weighted by atomic mass is 15.2. The highest BCUT2D eigenvalue weighted by Crippen LogP contribution is 2.32. The summed E-state index contributed by atoms with van der Waals surface area (Å²) in [6.07, 6.45) is 3.26. The molecule has 0 bridgehead atoms. The van der Waals surface area contributed by atoms with Gasteiger partial charge in [0, 0.05) is 35.2 Å². The Hall–Kier alpha value is -3.06. The molecule has 2 aromatic heterocycles. The van der Waals surface area contributed by atoms with Crippen LogP contribution in [0, 0.1) is 18.3 Å². The molecule has 24 heavy (non-hydrogen) atoms. The zero-order chi connectivity index (χ0) is 16.5. The second kappa shape index (κ2) is 5.86. The highest BCUT2D eigenvalue weighted by molar-refractivity contribution is 5.94. The molecule has 1 aliphatic rings. The summed E-state index contributed by atoms with van der Waals surface area (Å²) in [4.78, 5) is 10.1. The van der Waals surface area contributed by atoms with Crippen LogP contribution in [0.4, 0.5) is 5.82 Å². The molecule has 1 aliphatic heterocycles. The van der Waals surface area contributed by atoms with Crippen molar-refractivity contribution in [3.8, 4) is 6.07 Å². The van der Waals surface area contributed by atoms with Crippen molar-refractivity contribution in [3.05, 3.63) is 65.5 Å². The van der Waals surface area contributed by atoms with Crippen LogP contribution in [-0.2, 0) is 0 Å². The molecular weight excluding hydrogens is 296 g/mol. The van der Waals surface area contributed by atoms with Crippen LogP contribution in [0.2, 0.25) is 0 Å². The van der Waals surface area contributed by atoms with Gasteiger partial charge in [0.25, 0.3) is 0 Å². The molecule has 0 atom stereocenters. The van der Waals surface area contributed by atoms with E-state index in [0.29, 0.717) is 5.69 Å². The van der Waals surface area contributed by atoms with Crippen molar-refractivity contribution in [1.82, 2.24) is 9.97 Å². The van der Waals surface area contributed by atoms with E-state index in [0.717, 1.165) is 25.3 Å². The summed E-state index contributed by atoms with van der Waals surface area (Å²) in [6.45, 7) is 3.86. The Morgan fingerprint density at radius 3 is 2.83 bits per heavy atom. The van der Waals surface area contributed by atoms with Gasteiger partial charge in [0.15, 0.2) is 0 Å². The quantitative estimate of drug-likeness (QED) is 0.777. The number of nitrogens with zero attached hydrogens (tertiary/aromatic N) is 3. The summed E-state index contributed by atoms with van der Waals surface area (Å²) in [6, 6.07) is 16.2. The Morgan fingerprint density at radius 2 is 2.04 bits per heavy atom. The van der Waals surface area contributed by atoms with Gasteiger partial charge in [-0.15, -0.1) is 0 Å². The Kier molecular flexibility index (Phi) is 3.55. The summed E-state index contributed by atoms with van der Waals surface area (Å²) < 4.78 is 0. The predicted molar refractivity (Wildman–Crippen MR) is 96.8 cm³/mol. The van der Waals surface area contributed by atoms with Gasteiger partial charge in [-0.25, -0.2) is 4.98 Å². The van der Waals surface area contributed by atoms with Crippen LogP contribution in [0.3, 0.4) is 0 Å². The van der Waals surface area contributed by atoms with Crippen LogP contribution >= 0.6 is 0 Å². The number of rotatable bonds is 2. The molecule has 118 valence electrons.